The summed E-state index contributed by atoms with van der Waals surface area (Å²) < 4.78 is 13.2. The quantitative estimate of drug-likeness (QED) is 0.469. The highest BCUT2D eigenvalue weighted by Gasteiger charge is 2.22. The third kappa shape index (κ3) is 3.01. The van der Waals surface area contributed by atoms with Crippen molar-refractivity contribution in [2.24, 2.45) is 5.73 Å². The van der Waals surface area contributed by atoms with Crippen molar-refractivity contribution >= 4 is 5.69 Å². The van der Waals surface area contributed by atoms with E-state index in [-0.39, 0.29) is 5.56 Å². The topological polar surface area (TPSA) is 89.4 Å². The number of halogens is 1. The standard InChI is InChI=1S/C11H13FN2O3/c1-2-3-4-9(13)8-5-7(12)6-10(11(8)15)14(16)17/h2,5-6,9,15H,1,3-4,13H2/t9-/m0/s1. The van der Waals surface area contributed by atoms with E-state index in [1.807, 2.05) is 0 Å². The van der Waals surface area contributed by atoms with E-state index < -0.39 is 28.2 Å². The minimum absolute atomic E-state index is 0.0403. The Morgan fingerprint density at radius 1 is 1.65 bits per heavy atom. The van der Waals surface area contributed by atoms with Gasteiger partial charge in [-0.15, -0.1) is 6.58 Å². The van der Waals surface area contributed by atoms with E-state index in [0.29, 0.717) is 18.9 Å². The van der Waals surface area contributed by atoms with E-state index in [1.54, 1.807) is 6.08 Å². The van der Waals surface area contributed by atoms with Crippen molar-refractivity contribution in [1.29, 1.82) is 0 Å². The maximum absolute atomic E-state index is 13.2. The average Bonchev–Trinajstić information content (AvgIpc) is 2.28. The Kier molecular flexibility index (Phi) is 4.17. The Morgan fingerprint density at radius 3 is 2.82 bits per heavy atom. The summed E-state index contributed by atoms with van der Waals surface area (Å²) in [6, 6.07) is 1.01. The van der Waals surface area contributed by atoms with Gasteiger partial charge >= 0.3 is 5.69 Å². The highest BCUT2D eigenvalue weighted by Crippen LogP contribution is 2.35. The molecule has 17 heavy (non-hydrogen) atoms. The summed E-state index contributed by atoms with van der Waals surface area (Å²) in [7, 11) is 0. The average molecular weight is 240 g/mol. The molecular weight excluding hydrogens is 227 g/mol. The van der Waals surface area contributed by atoms with Gasteiger partial charge in [0, 0.05) is 11.6 Å². The smallest absolute Gasteiger partial charge is 0.313 e. The molecule has 3 N–H and O–H groups in total. The summed E-state index contributed by atoms with van der Waals surface area (Å²) in [4.78, 5) is 9.74. The van der Waals surface area contributed by atoms with Crippen LogP contribution in [0.2, 0.25) is 0 Å². The second-order valence-electron chi connectivity index (χ2n) is 3.59. The van der Waals surface area contributed by atoms with E-state index in [1.165, 1.54) is 0 Å². The van der Waals surface area contributed by atoms with Gasteiger partial charge in [0.05, 0.1) is 11.0 Å². The van der Waals surface area contributed by atoms with Gasteiger partial charge in [-0.3, -0.25) is 10.1 Å². The molecule has 0 amide bonds. The molecule has 0 radical (unpaired) electrons. The number of benzene rings is 1. The zero-order valence-electron chi connectivity index (χ0n) is 9.10. The first-order valence-corrected chi connectivity index (χ1v) is 5.00. The minimum atomic E-state index is -0.845. The van der Waals surface area contributed by atoms with E-state index >= 15 is 0 Å². The zero-order chi connectivity index (χ0) is 13.0. The third-order valence-corrected chi connectivity index (χ3v) is 2.36. The summed E-state index contributed by atoms with van der Waals surface area (Å²) in [5.74, 6) is -1.37. The molecule has 0 saturated heterocycles. The summed E-state index contributed by atoms with van der Waals surface area (Å²) >= 11 is 0. The molecule has 0 heterocycles. The molecule has 1 rings (SSSR count). The lowest BCUT2D eigenvalue weighted by Crippen LogP contribution is -2.11. The molecule has 0 bridgehead atoms. The number of aromatic hydroxyl groups is 1. The van der Waals surface area contributed by atoms with Crippen LogP contribution in [-0.4, -0.2) is 10.0 Å². The van der Waals surface area contributed by atoms with Crippen molar-refractivity contribution in [1.82, 2.24) is 0 Å². The van der Waals surface area contributed by atoms with Gasteiger partial charge < -0.3 is 10.8 Å². The molecule has 0 aliphatic heterocycles. The Morgan fingerprint density at radius 2 is 2.29 bits per heavy atom. The van der Waals surface area contributed by atoms with Crippen LogP contribution in [0.4, 0.5) is 10.1 Å². The van der Waals surface area contributed by atoms with Crippen molar-refractivity contribution in [3.8, 4) is 5.75 Å². The second kappa shape index (κ2) is 5.40. The number of hydrogen-bond acceptors (Lipinski definition) is 4. The van der Waals surface area contributed by atoms with Gasteiger partial charge in [0.2, 0.25) is 0 Å². The Balaban J connectivity index is 3.14. The van der Waals surface area contributed by atoms with Crippen molar-refractivity contribution < 1.29 is 14.4 Å². The number of allylic oxidation sites excluding steroid dienone is 1. The first-order chi connectivity index (χ1) is 7.97. The minimum Gasteiger partial charge on any atom is -0.502 e. The number of rotatable bonds is 5. The van der Waals surface area contributed by atoms with Crippen LogP contribution >= 0.6 is 0 Å². The molecular formula is C11H13FN2O3. The van der Waals surface area contributed by atoms with Crippen LogP contribution in [0, 0.1) is 15.9 Å². The zero-order valence-corrected chi connectivity index (χ0v) is 9.10. The van der Waals surface area contributed by atoms with Crippen molar-refractivity contribution in [2.45, 2.75) is 18.9 Å². The summed E-state index contributed by atoms with van der Waals surface area (Å²) in [6.07, 6.45) is 2.63. The van der Waals surface area contributed by atoms with E-state index in [0.717, 1.165) is 6.07 Å². The van der Waals surface area contributed by atoms with Crippen molar-refractivity contribution in [3.05, 3.63) is 46.3 Å². The Hall–Kier alpha value is -1.95. The van der Waals surface area contributed by atoms with Gasteiger partial charge in [-0.1, -0.05) is 6.08 Å². The SMILES string of the molecule is C=CCC[C@H](N)c1cc(F)cc([N+](=O)[O-])c1O. The number of nitrogens with zero attached hydrogens (tertiary/aromatic N) is 1. The van der Waals surface area contributed by atoms with Gasteiger partial charge in [-0.2, -0.15) is 0 Å². The molecule has 0 saturated carbocycles. The van der Waals surface area contributed by atoms with Gasteiger partial charge in [0.1, 0.15) is 5.82 Å². The number of phenolic OH excluding ortho intramolecular Hbond substituents is 1. The summed E-state index contributed by atoms with van der Waals surface area (Å²) in [5, 5.41) is 20.2. The lowest BCUT2D eigenvalue weighted by Gasteiger charge is -2.12. The molecule has 6 heteroatoms. The summed E-state index contributed by atoms with van der Waals surface area (Å²) in [6.45, 7) is 3.51. The third-order valence-electron chi connectivity index (χ3n) is 2.36. The fourth-order valence-electron chi connectivity index (χ4n) is 1.48. The monoisotopic (exact) mass is 240 g/mol. The van der Waals surface area contributed by atoms with Gasteiger partial charge in [0.15, 0.2) is 5.75 Å². The molecule has 0 fully saturated rings. The predicted molar refractivity (Wildman–Crippen MR) is 61.1 cm³/mol. The number of phenols is 1. The maximum atomic E-state index is 13.2. The van der Waals surface area contributed by atoms with Crippen molar-refractivity contribution in [3.63, 3.8) is 0 Å². The predicted octanol–water partition coefficient (Wildman–Crippen LogP) is 2.41. The highest BCUT2D eigenvalue weighted by atomic mass is 19.1. The first kappa shape index (κ1) is 13.1. The normalized spacial score (nSPS) is 12.1. The van der Waals surface area contributed by atoms with Gasteiger partial charge in [-0.25, -0.2) is 4.39 Å². The lowest BCUT2D eigenvalue weighted by atomic mass is 10.0. The maximum Gasteiger partial charge on any atom is 0.313 e. The number of nitro benzene ring substituents is 1. The molecule has 0 spiro atoms. The van der Waals surface area contributed by atoms with Crippen LogP contribution in [-0.2, 0) is 0 Å². The molecule has 1 aromatic rings. The summed E-state index contributed by atoms with van der Waals surface area (Å²) in [5.41, 5.74) is 5.09. The second-order valence-corrected chi connectivity index (χ2v) is 3.59. The number of nitro groups is 1. The highest BCUT2D eigenvalue weighted by molar-refractivity contribution is 5.52. The van der Waals surface area contributed by atoms with Crippen LogP contribution < -0.4 is 5.73 Å². The fraction of sp³-hybridized carbons (Fsp3) is 0.273. The molecule has 0 aliphatic rings. The largest absolute Gasteiger partial charge is 0.502 e. The van der Waals surface area contributed by atoms with Crippen LogP contribution in [0.5, 0.6) is 5.75 Å². The number of nitrogens with two attached hydrogens (primary N) is 1. The van der Waals surface area contributed by atoms with E-state index in [2.05, 4.69) is 6.58 Å². The molecule has 92 valence electrons. The van der Waals surface area contributed by atoms with Crippen molar-refractivity contribution in [2.75, 3.05) is 0 Å². The van der Waals surface area contributed by atoms with Crippen LogP contribution in [0.3, 0.4) is 0 Å². The molecule has 1 aromatic carbocycles. The number of hydrogen-bond donors (Lipinski definition) is 2. The fourth-order valence-corrected chi connectivity index (χ4v) is 1.48. The van der Waals surface area contributed by atoms with Crippen LogP contribution in [0.25, 0.3) is 0 Å². The van der Waals surface area contributed by atoms with Crippen LogP contribution in [0.15, 0.2) is 24.8 Å². The molecule has 0 aliphatic carbocycles. The lowest BCUT2D eigenvalue weighted by molar-refractivity contribution is -0.386. The molecule has 5 nitrogen and oxygen atoms in total. The molecule has 0 aromatic heterocycles. The Bertz CT molecular complexity index is 449. The first-order valence-electron chi connectivity index (χ1n) is 5.00. The van der Waals surface area contributed by atoms with E-state index in [4.69, 9.17) is 5.73 Å². The Labute approximate surface area is 97.5 Å². The van der Waals surface area contributed by atoms with Gasteiger partial charge in [0.25, 0.3) is 0 Å². The van der Waals surface area contributed by atoms with Gasteiger partial charge in [-0.05, 0) is 18.9 Å². The van der Waals surface area contributed by atoms with E-state index in [9.17, 15) is 19.6 Å². The molecule has 0 unspecified atom stereocenters. The molecule has 1 atom stereocenters. The van der Waals surface area contributed by atoms with Crippen LogP contribution in [0.1, 0.15) is 24.4 Å².